The first kappa shape index (κ1) is 13.8. The predicted octanol–water partition coefficient (Wildman–Crippen LogP) is 3.16. The molecule has 0 spiro atoms. The van der Waals surface area contributed by atoms with Crippen LogP contribution in [-0.2, 0) is 6.54 Å². The van der Waals surface area contributed by atoms with E-state index in [1.807, 2.05) is 40.4 Å². The second kappa shape index (κ2) is 6.10. The molecule has 1 amide bonds. The summed E-state index contributed by atoms with van der Waals surface area (Å²) in [5.41, 5.74) is 0.769. The lowest BCUT2D eigenvalue weighted by atomic mass is 10.1. The molecule has 5 heteroatoms. The highest BCUT2D eigenvalue weighted by Crippen LogP contribution is 2.25. The van der Waals surface area contributed by atoms with Gasteiger partial charge in [0.2, 0.25) is 0 Å². The van der Waals surface area contributed by atoms with E-state index >= 15 is 0 Å². The van der Waals surface area contributed by atoms with Gasteiger partial charge in [-0.05, 0) is 12.0 Å². The van der Waals surface area contributed by atoms with Crippen LogP contribution in [0.2, 0.25) is 0 Å². The number of hydrogen-bond donors (Lipinski definition) is 1. The number of nitrogens with one attached hydrogen (secondary N) is 1. The minimum atomic E-state index is 0.00457. The number of aromatic nitrogens is 2. The number of amides is 1. The Balaban J connectivity index is 1.61. The molecule has 0 aliphatic carbocycles. The average molecular weight is 299 g/mol. The number of fused-ring (bicyclic) bond motifs is 1. The zero-order valence-electron chi connectivity index (χ0n) is 11.8. The highest BCUT2D eigenvalue weighted by Gasteiger charge is 2.12. The van der Waals surface area contributed by atoms with Crippen LogP contribution in [0.1, 0.15) is 17.3 Å². The first-order valence-electron chi connectivity index (χ1n) is 6.94. The maximum Gasteiger partial charge on any atom is 0.252 e. The van der Waals surface area contributed by atoms with Crippen molar-refractivity contribution in [2.75, 3.05) is 6.54 Å². The van der Waals surface area contributed by atoms with E-state index < -0.39 is 0 Å². The van der Waals surface area contributed by atoms with E-state index in [4.69, 9.17) is 0 Å². The lowest BCUT2D eigenvalue weighted by molar-refractivity contribution is 0.0949. The Morgan fingerprint density at radius 3 is 3.10 bits per heavy atom. The molecule has 0 saturated heterocycles. The standard InChI is InChI=1S/C16H17N3OS/c1-12(9-19-7-6-17-11-19)8-18-16(20)14-10-21-15-5-3-2-4-13(14)15/h2-7,10-12H,8-9H2,1H3,(H,18,20)/t12-/m0/s1. The molecule has 108 valence electrons. The fourth-order valence-electron chi connectivity index (χ4n) is 2.33. The van der Waals surface area contributed by atoms with Gasteiger partial charge in [-0.1, -0.05) is 25.1 Å². The Morgan fingerprint density at radius 1 is 1.43 bits per heavy atom. The highest BCUT2D eigenvalue weighted by atomic mass is 32.1. The molecule has 0 bridgehead atoms. The van der Waals surface area contributed by atoms with Gasteiger partial charge in [0.05, 0.1) is 11.9 Å². The minimum Gasteiger partial charge on any atom is -0.352 e. The van der Waals surface area contributed by atoms with Gasteiger partial charge in [-0.2, -0.15) is 0 Å². The zero-order chi connectivity index (χ0) is 14.7. The normalized spacial score (nSPS) is 12.4. The third-order valence-electron chi connectivity index (χ3n) is 3.42. The van der Waals surface area contributed by atoms with E-state index in [1.165, 1.54) is 0 Å². The minimum absolute atomic E-state index is 0.00457. The number of rotatable bonds is 5. The second-order valence-electron chi connectivity index (χ2n) is 5.22. The second-order valence-corrected chi connectivity index (χ2v) is 6.13. The Labute approximate surface area is 127 Å². The van der Waals surface area contributed by atoms with Crippen LogP contribution >= 0.6 is 11.3 Å². The summed E-state index contributed by atoms with van der Waals surface area (Å²) in [5, 5.41) is 5.98. The number of nitrogens with zero attached hydrogens (tertiary/aromatic N) is 2. The van der Waals surface area contributed by atoms with Gasteiger partial charge in [-0.15, -0.1) is 11.3 Å². The number of carbonyl (C=O) groups excluding carboxylic acids is 1. The van der Waals surface area contributed by atoms with Crippen LogP contribution in [0.25, 0.3) is 10.1 Å². The summed E-state index contributed by atoms with van der Waals surface area (Å²) in [5.74, 6) is 0.359. The van der Waals surface area contributed by atoms with Gasteiger partial charge in [0, 0.05) is 40.9 Å². The first-order valence-corrected chi connectivity index (χ1v) is 7.82. The smallest absolute Gasteiger partial charge is 0.252 e. The molecule has 0 aliphatic rings. The predicted molar refractivity (Wildman–Crippen MR) is 85.5 cm³/mol. The summed E-state index contributed by atoms with van der Waals surface area (Å²) in [7, 11) is 0. The van der Waals surface area contributed by atoms with Gasteiger partial charge in [-0.25, -0.2) is 4.98 Å². The Kier molecular flexibility index (Phi) is 4.01. The van der Waals surface area contributed by atoms with E-state index in [0.717, 1.165) is 22.2 Å². The molecule has 21 heavy (non-hydrogen) atoms. The molecule has 0 unspecified atom stereocenters. The van der Waals surface area contributed by atoms with Crippen molar-refractivity contribution in [3.05, 3.63) is 53.9 Å². The van der Waals surface area contributed by atoms with Crippen LogP contribution < -0.4 is 5.32 Å². The molecule has 0 fully saturated rings. The zero-order valence-corrected chi connectivity index (χ0v) is 12.6. The highest BCUT2D eigenvalue weighted by molar-refractivity contribution is 7.17. The van der Waals surface area contributed by atoms with Gasteiger partial charge < -0.3 is 9.88 Å². The number of hydrogen-bond acceptors (Lipinski definition) is 3. The monoisotopic (exact) mass is 299 g/mol. The summed E-state index contributed by atoms with van der Waals surface area (Å²) >= 11 is 1.61. The lowest BCUT2D eigenvalue weighted by Gasteiger charge is -2.13. The lowest BCUT2D eigenvalue weighted by Crippen LogP contribution is -2.29. The number of benzene rings is 1. The largest absolute Gasteiger partial charge is 0.352 e. The molecule has 2 aromatic heterocycles. The molecule has 1 N–H and O–H groups in total. The molecule has 0 radical (unpaired) electrons. The number of imidazole rings is 1. The molecule has 3 rings (SSSR count). The number of carbonyl (C=O) groups is 1. The summed E-state index contributed by atoms with van der Waals surface area (Å²) < 4.78 is 3.17. The summed E-state index contributed by atoms with van der Waals surface area (Å²) in [4.78, 5) is 16.3. The van der Waals surface area contributed by atoms with Crippen LogP contribution in [0, 0.1) is 5.92 Å². The Hall–Kier alpha value is -2.14. The van der Waals surface area contributed by atoms with Crippen molar-refractivity contribution in [1.82, 2.24) is 14.9 Å². The van der Waals surface area contributed by atoms with Crippen molar-refractivity contribution < 1.29 is 4.79 Å². The van der Waals surface area contributed by atoms with Crippen molar-refractivity contribution in [2.24, 2.45) is 5.92 Å². The third kappa shape index (κ3) is 3.13. The van der Waals surface area contributed by atoms with E-state index in [9.17, 15) is 4.79 Å². The molecular weight excluding hydrogens is 282 g/mol. The van der Waals surface area contributed by atoms with Crippen LogP contribution in [0.15, 0.2) is 48.4 Å². The van der Waals surface area contributed by atoms with Gasteiger partial charge in [0.15, 0.2) is 0 Å². The summed E-state index contributed by atoms with van der Waals surface area (Å²) in [6.07, 6.45) is 5.50. The van der Waals surface area contributed by atoms with Gasteiger partial charge in [0.25, 0.3) is 5.91 Å². The quantitative estimate of drug-likeness (QED) is 0.786. The molecule has 0 saturated carbocycles. The van der Waals surface area contributed by atoms with Crippen LogP contribution in [0.4, 0.5) is 0 Å². The summed E-state index contributed by atoms with van der Waals surface area (Å²) in [6, 6.07) is 8.00. The van der Waals surface area contributed by atoms with E-state index in [0.29, 0.717) is 12.5 Å². The van der Waals surface area contributed by atoms with Crippen molar-refractivity contribution in [1.29, 1.82) is 0 Å². The average Bonchev–Trinajstić information content (AvgIpc) is 3.13. The third-order valence-corrected chi connectivity index (χ3v) is 4.38. The summed E-state index contributed by atoms with van der Waals surface area (Å²) in [6.45, 7) is 3.62. The van der Waals surface area contributed by atoms with Gasteiger partial charge in [-0.3, -0.25) is 4.79 Å². The van der Waals surface area contributed by atoms with E-state index in [-0.39, 0.29) is 5.91 Å². The topological polar surface area (TPSA) is 46.9 Å². The molecular formula is C16H17N3OS. The maximum absolute atomic E-state index is 12.3. The molecule has 1 atom stereocenters. The van der Waals surface area contributed by atoms with E-state index in [1.54, 1.807) is 23.9 Å². The molecule has 1 aromatic carbocycles. The Morgan fingerprint density at radius 2 is 2.29 bits per heavy atom. The van der Waals surface area contributed by atoms with Crippen LogP contribution in [-0.4, -0.2) is 22.0 Å². The van der Waals surface area contributed by atoms with E-state index in [2.05, 4.69) is 17.2 Å². The first-order chi connectivity index (χ1) is 10.2. The molecule has 2 heterocycles. The van der Waals surface area contributed by atoms with Gasteiger partial charge >= 0.3 is 0 Å². The van der Waals surface area contributed by atoms with Crippen molar-refractivity contribution in [3.8, 4) is 0 Å². The van der Waals surface area contributed by atoms with Gasteiger partial charge in [0.1, 0.15) is 0 Å². The van der Waals surface area contributed by atoms with Crippen molar-refractivity contribution in [3.63, 3.8) is 0 Å². The molecule has 0 aliphatic heterocycles. The van der Waals surface area contributed by atoms with Crippen molar-refractivity contribution >= 4 is 27.3 Å². The fraction of sp³-hybridized carbons (Fsp3) is 0.250. The van der Waals surface area contributed by atoms with Crippen LogP contribution in [0.3, 0.4) is 0 Å². The number of thiophene rings is 1. The molecule has 4 nitrogen and oxygen atoms in total. The molecule has 3 aromatic rings. The van der Waals surface area contributed by atoms with Crippen LogP contribution in [0.5, 0.6) is 0 Å². The fourth-order valence-corrected chi connectivity index (χ4v) is 3.28. The Bertz CT molecular complexity index is 733. The van der Waals surface area contributed by atoms with Crippen molar-refractivity contribution in [2.45, 2.75) is 13.5 Å². The SMILES string of the molecule is C[C@@H](CNC(=O)c1csc2ccccc12)Cn1ccnc1. The maximum atomic E-state index is 12.3.